The van der Waals surface area contributed by atoms with Crippen molar-refractivity contribution in [2.45, 2.75) is 39.0 Å². The standard InChI is InChI=1S/C14H20ClN3O2/c1-2-4-11-5-3-9-17(10-8-11)14-12(18(19)20)6-7-13(15)16-14/h6-7,11H,2-5,8-10H2,1H3. The van der Waals surface area contributed by atoms with Gasteiger partial charge in [0.1, 0.15) is 5.15 Å². The van der Waals surface area contributed by atoms with Gasteiger partial charge in [-0.25, -0.2) is 4.98 Å². The van der Waals surface area contributed by atoms with Crippen LogP contribution in [0.2, 0.25) is 5.15 Å². The highest BCUT2D eigenvalue weighted by molar-refractivity contribution is 6.29. The quantitative estimate of drug-likeness (QED) is 0.478. The molecule has 5 nitrogen and oxygen atoms in total. The van der Waals surface area contributed by atoms with Crippen molar-refractivity contribution in [1.29, 1.82) is 0 Å². The van der Waals surface area contributed by atoms with Crippen molar-refractivity contribution in [3.8, 4) is 0 Å². The van der Waals surface area contributed by atoms with Gasteiger partial charge in [0.25, 0.3) is 0 Å². The lowest BCUT2D eigenvalue weighted by atomic mass is 9.96. The molecule has 1 aliphatic rings. The van der Waals surface area contributed by atoms with Crippen LogP contribution in [-0.2, 0) is 0 Å². The molecule has 1 fully saturated rings. The van der Waals surface area contributed by atoms with Crippen molar-refractivity contribution in [2.24, 2.45) is 5.92 Å². The molecule has 2 rings (SSSR count). The molecular formula is C14H20ClN3O2. The van der Waals surface area contributed by atoms with E-state index in [0.29, 0.717) is 11.0 Å². The molecule has 0 bridgehead atoms. The molecule has 0 aromatic carbocycles. The first-order chi connectivity index (χ1) is 9.61. The maximum Gasteiger partial charge on any atom is 0.311 e. The monoisotopic (exact) mass is 297 g/mol. The highest BCUT2D eigenvalue weighted by Gasteiger charge is 2.24. The zero-order valence-corrected chi connectivity index (χ0v) is 12.5. The van der Waals surface area contributed by atoms with Crippen LogP contribution in [0.4, 0.5) is 11.5 Å². The Kier molecular flexibility index (Phi) is 5.17. The number of anilines is 1. The summed E-state index contributed by atoms with van der Waals surface area (Å²) in [5.41, 5.74) is 0.0448. The van der Waals surface area contributed by atoms with E-state index in [1.165, 1.54) is 31.4 Å². The normalized spacial score (nSPS) is 19.7. The first-order valence-electron chi connectivity index (χ1n) is 7.17. The summed E-state index contributed by atoms with van der Waals surface area (Å²) in [5, 5.41) is 11.4. The van der Waals surface area contributed by atoms with Crippen LogP contribution >= 0.6 is 11.6 Å². The fourth-order valence-electron chi connectivity index (χ4n) is 2.87. The van der Waals surface area contributed by atoms with E-state index in [4.69, 9.17) is 11.6 Å². The second kappa shape index (κ2) is 6.88. The average Bonchev–Trinajstić information content (AvgIpc) is 2.64. The molecule has 0 saturated carbocycles. The molecule has 1 atom stereocenters. The Hall–Kier alpha value is -1.36. The van der Waals surface area contributed by atoms with Gasteiger partial charge in [-0.15, -0.1) is 0 Å². The zero-order valence-electron chi connectivity index (χ0n) is 11.7. The van der Waals surface area contributed by atoms with Gasteiger partial charge < -0.3 is 4.90 Å². The summed E-state index contributed by atoms with van der Waals surface area (Å²) >= 11 is 5.90. The topological polar surface area (TPSA) is 59.3 Å². The van der Waals surface area contributed by atoms with Gasteiger partial charge in [0, 0.05) is 19.2 Å². The molecule has 1 saturated heterocycles. The largest absolute Gasteiger partial charge is 0.351 e. The van der Waals surface area contributed by atoms with Crippen LogP contribution in [0, 0.1) is 16.0 Å². The third-order valence-corrected chi connectivity index (χ3v) is 4.07. The molecular weight excluding hydrogens is 278 g/mol. The second-order valence-electron chi connectivity index (χ2n) is 5.31. The lowest BCUT2D eigenvalue weighted by Crippen LogP contribution is -2.26. The Labute approximate surface area is 124 Å². The zero-order chi connectivity index (χ0) is 14.5. The van der Waals surface area contributed by atoms with E-state index in [1.54, 1.807) is 0 Å². The molecule has 2 heterocycles. The molecule has 6 heteroatoms. The molecule has 1 aliphatic heterocycles. The Morgan fingerprint density at radius 1 is 1.45 bits per heavy atom. The SMILES string of the molecule is CCCC1CCCN(c2nc(Cl)ccc2[N+](=O)[O-])CC1. The molecule has 1 unspecified atom stereocenters. The number of pyridine rings is 1. The summed E-state index contributed by atoms with van der Waals surface area (Å²) in [7, 11) is 0. The highest BCUT2D eigenvalue weighted by atomic mass is 35.5. The van der Waals surface area contributed by atoms with Crippen LogP contribution in [0.25, 0.3) is 0 Å². The Morgan fingerprint density at radius 3 is 2.95 bits per heavy atom. The van der Waals surface area contributed by atoms with Gasteiger partial charge in [-0.05, 0) is 31.2 Å². The van der Waals surface area contributed by atoms with Crippen molar-refractivity contribution in [1.82, 2.24) is 4.98 Å². The maximum atomic E-state index is 11.1. The third kappa shape index (κ3) is 3.60. The number of nitro groups is 1. The highest BCUT2D eigenvalue weighted by Crippen LogP contribution is 2.31. The van der Waals surface area contributed by atoms with E-state index in [0.717, 1.165) is 31.8 Å². The van der Waals surface area contributed by atoms with E-state index in [2.05, 4.69) is 11.9 Å². The van der Waals surface area contributed by atoms with Gasteiger partial charge in [-0.1, -0.05) is 31.4 Å². The van der Waals surface area contributed by atoms with Crippen molar-refractivity contribution in [3.05, 3.63) is 27.4 Å². The van der Waals surface area contributed by atoms with Gasteiger partial charge in [0.05, 0.1) is 4.92 Å². The van der Waals surface area contributed by atoms with E-state index in [1.807, 2.05) is 4.90 Å². The minimum absolute atomic E-state index is 0.0448. The van der Waals surface area contributed by atoms with Gasteiger partial charge >= 0.3 is 5.69 Å². The van der Waals surface area contributed by atoms with Crippen LogP contribution in [0.3, 0.4) is 0 Å². The lowest BCUT2D eigenvalue weighted by Gasteiger charge is -2.21. The molecule has 0 N–H and O–H groups in total. The fourth-order valence-corrected chi connectivity index (χ4v) is 3.01. The van der Waals surface area contributed by atoms with E-state index >= 15 is 0 Å². The van der Waals surface area contributed by atoms with Gasteiger partial charge in [-0.3, -0.25) is 10.1 Å². The van der Waals surface area contributed by atoms with Crippen molar-refractivity contribution >= 4 is 23.1 Å². The van der Waals surface area contributed by atoms with Gasteiger partial charge in [0.15, 0.2) is 0 Å². The predicted molar refractivity (Wildman–Crippen MR) is 80.4 cm³/mol. The van der Waals surface area contributed by atoms with Crippen molar-refractivity contribution in [3.63, 3.8) is 0 Å². The molecule has 1 aromatic heterocycles. The summed E-state index contributed by atoms with van der Waals surface area (Å²) in [6.07, 6.45) is 5.74. The first kappa shape index (κ1) is 15.0. The number of aromatic nitrogens is 1. The third-order valence-electron chi connectivity index (χ3n) is 3.86. The molecule has 0 spiro atoms. The van der Waals surface area contributed by atoms with Crippen molar-refractivity contribution in [2.75, 3.05) is 18.0 Å². The van der Waals surface area contributed by atoms with Crippen LogP contribution in [0.15, 0.2) is 12.1 Å². The summed E-state index contributed by atoms with van der Waals surface area (Å²) in [4.78, 5) is 16.9. The summed E-state index contributed by atoms with van der Waals surface area (Å²) < 4.78 is 0. The predicted octanol–water partition coefficient (Wildman–Crippen LogP) is 4.05. The first-order valence-corrected chi connectivity index (χ1v) is 7.55. The number of halogens is 1. The molecule has 0 aliphatic carbocycles. The summed E-state index contributed by atoms with van der Waals surface area (Å²) in [5.74, 6) is 1.14. The van der Waals surface area contributed by atoms with Crippen LogP contribution in [0.5, 0.6) is 0 Å². The average molecular weight is 298 g/mol. The maximum absolute atomic E-state index is 11.1. The Morgan fingerprint density at radius 2 is 2.25 bits per heavy atom. The molecule has 0 radical (unpaired) electrons. The molecule has 20 heavy (non-hydrogen) atoms. The van der Waals surface area contributed by atoms with Crippen LogP contribution in [-0.4, -0.2) is 23.0 Å². The molecule has 0 amide bonds. The summed E-state index contributed by atoms with van der Waals surface area (Å²) in [6, 6.07) is 2.92. The van der Waals surface area contributed by atoms with Gasteiger partial charge in [0.2, 0.25) is 5.82 Å². The number of hydrogen-bond donors (Lipinski definition) is 0. The van der Waals surface area contributed by atoms with Crippen LogP contribution in [0.1, 0.15) is 39.0 Å². The number of nitrogens with zero attached hydrogens (tertiary/aromatic N) is 3. The van der Waals surface area contributed by atoms with E-state index < -0.39 is 0 Å². The lowest BCUT2D eigenvalue weighted by molar-refractivity contribution is -0.384. The minimum atomic E-state index is -0.382. The Bertz CT molecular complexity index is 481. The number of rotatable bonds is 4. The van der Waals surface area contributed by atoms with E-state index in [9.17, 15) is 10.1 Å². The smallest absolute Gasteiger partial charge is 0.311 e. The molecule has 110 valence electrons. The van der Waals surface area contributed by atoms with Crippen LogP contribution < -0.4 is 4.90 Å². The summed E-state index contributed by atoms with van der Waals surface area (Å²) in [6.45, 7) is 3.83. The van der Waals surface area contributed by atoms with E-state index in [-0.39, 0.29) is 10.6 Å². The fraction of sp³-hybridized carbons (Fsp3) is 0.643. The second-order valence-corrected chi connectivity index (χ2v) is 5.69. The number of hydrogen-bond acceptors (Lipinski definition) is 4. The van der Waals surface area contributed by atoms with Gasteiger partial charge in [-0.2, -0.15) is 0 Å². The minimum Gasteiger partial charge on any atom is -0.351 e. The Balaban J connectivity index is 2.18. The van der Waals surface area contributed by atoms with Crippen molar-refractivity contribution < 1.29 is 4.92 Å². The molecule has 1 aromatic rings.